The van der Waals surface area contributed by atoms with E-state index in [1.165, 1.54) is 12.1 Å². The third-order valence-corrected chi connectivity index (χ3v) is 7.36. The first-order chi connectivity index (χ1) is 17.3. The van der Waals surface area contributed by atoms with E-state index < -0.39 is 43.1 Å². The van der Waals surface area contributed by atoms with Crippen LogP contribution in [0.3, 0.4) is 0 Å². The van der Waals surface area contributed by atoms with Gasteiger partial charge in [-0.2, -0.15) is 0 Å². The summed E-state index contributed by atoms with van der Waals surface area (Å²) < 4.78 is 25.1. The van der Waals surface area contributed by atoms with Gasteiger partial charge in [0, 0.05) is 24.5 Å². The van der Waals surface area contributed by atoms with Crippen molar-refractivity contribution < 1.29 is 39.1 Å². The first-order valence-electron chi connectivity index (χ1n) is 11.7. The van der Waals surface area contributed by atoms with Crippen molar-refractivity contribution in [3.05, 3.63) is 59.0 Å². The second kappa shape index (κ2) is 8.43. The van der Waals surface area contributed by atoms with E-state index in [0.29, 0.717) is 30.0 Å². The van der Waals surface area contributed by atoms with Crippen molar-refractivity contribution in [2.45, 2.75) is 43.3 Å². The molecule has 3 aromatic rings. The van der Waals surface area contributed by atoms with Crippen LogP contribution in [0.1, 0.15) is 27.8 Å². The maximum atomic E-state index is 13.8. The van der Waals surface area contributed by atoms with E-state index in [0.717, 1.165) is 22.2 Å². The Morgan fingerprint density at radius 1 is 1.14 bits per heavy atom. The van der Waals surface area contributed by atoms with E-state index in [9.17, 15) is 29.6 Å². The van der Waals surface area contributed by atoms with E-state index >= 15 is 0 Å². The molecule has 1 aromatic heterocycles. The van der Waals surface area contributed by atoms with Gasteiger partial charge >= 0.3 is 0 Å². The molecular formula is C25H26FN3O7. The lowest BCUT2D eigenvalue weighted by Crippen LogP contribution is -2.60. The van der Waals surface area contributed by atoms with Gasteiger partial charge in [0.05, 0.1) is 23.6 Å². The van der Waals surface area contributed by atoms with Crippen LogP contribution in [-0.4, -0.2) is 87.1 Å². The van der Waals surface area contributed by atoms with Crippen LogP contribution in [-0.2, 0) is 11.2 Å². The Balaban J connectivity index is 1.34. The smallest absolute Gasteiger partial charge is 0.258 e. The van der Waals surface area contributed by atoms with Crippen LogP contribution >= 0.6 is 0 Å². The number of aliphatic hydroxyl groups is 4. The van der Waals surface area contributed by atoms with Gasteiger partial charge in [-0.3, -0.25) is 4.79 Å². The van der Waals surface area contributed by atoms with Crippen LogP contribution in [0.2, 0.25) is 0 Å². The van der Waals surface area contributed by atoms with Gasteiger partial charge in [-0.05, 0) is 48.4 Å². The monoisotopic (exact) mass is 499 g/mol. The van der Waals surface area contributed by atoms with Crippen molar-refractivity contribution in [3.8, 4) is 5.75 Å². The third kappa shape index (κ3) is 3.39. The van der Waals surface area contributed by atoms with E-state index in [1.807, 2.05) is 18.0 Å². The fourth-order valence-electron chi connectivity index (χ4n) is 5.51. The van der Waals surface area contributed by atoms with Gasteiger partial charge in [-0.15, -0.1) is 0 Å². The number of halogens is 1. The predicted octanol–water partition coefficient (Wildman–Crippen LogP) is 0.633. The molecule has 0 aliphatic carbocycles. The Labute approximate surface area is 205 Å². The number of H-pyrrole nitrogens is 1. The van der Waals surface area contributed by atoms with E-state index in [4.69, 9.17) is 9.47 Å². The lowest BCUT2D eigenvalue weighted by Gasteiger charge is -2.46. The van der Waals surface area contributed by atoms with E-state index in [2.05, 4.69) is 4.98 Å². The minimum absolute atomic E-state index is 0.219. The van der Waals surface area contributed by atoms with E-state index in [-0.39, 0.29) is 12.1 Å². The molecule has 2 aromatic carbocycles. The largest absolute Gasteiger partial charge is 0.462 e. The molecule has 190 valence electrons. The highest BCUT2D eigenvalue weighted by Crippen LogP contribution is 2.43. The van der Waals surface area contributed by atoms with Crippen molar-refractivity contribution >= 4 is 22.5 Å². The molecule has 11 heteroatoms. The minimum Gasteiger partial charge on any atom is -0.462 e. The molecule has 0 bridgehead atoms. The van der Waals surface area contributed by atoms with Gasteiger partial charge in [-0.1, -0.05) is 0 Å². The number of hydrogen-bond acceptors (Lipinski definition) is 8. The summed E-state index contributed by atoms with van der Waals surface area (Å²) in [6.07, 6.45) is -6.70. The number of aromatic nitrogens is 1. The normalized spacial score (nSPS) is 29.7. The Kier molecular flexibility index (Phi) is 5.43. The van der Waals surface area contributed by atoms with Crippen molar-refractivity contribution in [1.29, 1.82) is 0 Å². The van der Waals surface area contributed by atoms with Crippen molar-refractivity contribution in [2.75, 3.05) is 25.1 Å². The fourth-order valence-corrected chi connectivity index (χ4v) is 5.51. The average Bonchev–Trinajstić information content (AvgIpc) is 3.25. The number of nitrogens with one attached hydrogen (secondary N) is 1. The number of ether oxygens (including phenoxy) is 2. The first kappa shape index (κ1) is 23.2. The zero-order chi connectivity index (χ0) is 25.3. The molecule has 0 radical (unpaired) electrons. The number of aromatic amines is 1. The Hall–Kier alpha value is -3.22. The van der Waals surface area contributed by atoms with Crippen LogP contribution in [0.25, 0.3) is 10.9 Å². The third-order valence-electron chi connectivity index (χ3n) is 7.36. The molecule has 3 aliphatic heterocycles. The fraction of sp³-hybridized carbons (Fsp3) is 0.400. The zero-order valence-corrected chi connectivity index (χ0v) is 19.3. The number of benzene rings is 2. The highest BCUT2D eigenvalue weighted by atomic mass is 19.1. The number of anilines is 1. The number of rotatable bonds is 3. The molecule has 6 atom stereocenters. The zero-order valence-electron chi connectivity index (χ0n) is 19.3. The molecule has 1 fully saturated rings. The van der Waals surface area contributed by atoms with Crippen LogP contribution in [0.15, 0.2) is 36.4 Å². The minimum atomic E-state index is -1.54. The molecular weight excluding hydrogens is 473 g/mol. The number of carbonyl (C=O) groups excluding carboxylic acids is 1. The van der Waals surface area contributed by atoms with Crippen molar-refractivity contribution in [1.82, 2.24) is 9.88 Å². The van der Waals surface area contributed by atoms with E-state index in [1.54, 1.807) is 23.1 Å². The van der Waals surface area contributed by atoms with Gasteiger partial charge in [0.1, 0.15) is 42.1 Å². The molecule has 1 amide bonds. The maximum absolute atomic E-state index is 13.8. The number of amides is 1. The summed E-state index contributed by atoms with van der Waals surface area (Å²) in [5.41, 5.74) is 3.68. The topological polar surface area (TPSA) is 139 Å². The summed E-state index contributed by atoms with van der Waals surface area (Å²) in [6.45, 7) is -0.101. The SMILES string of the molecule is CN1c2ccc(F)cc2C(=O)N2CCc3c([nH]c4ccc(O[C@@H]5O[C@H](CO)[C@@H](O)[C@H](O)[C@H]5O)cc34)[C@H]21. The molecule has 10 nitrogen and oxygen atoms in total. The maximum Gasteiger partial charge on any atom is 0.258 e. The predicted molar refractivity (Wildman–Crippen MR) is 125 cm³/mol. The molecule has 0 unspecified atom stereocenters. The standard InChI is InChI=1S/C25H26FN3O7/c1-28-17-5-2-11(26)8-15(17)24(34)29-7-6-13-14-9-12(3-4-16(14)27-19(13)23(28)29)35-25-22(33)21(32)20(31)18(10-30)36-25/h2-5,8-9,18,20-23,25,27,30-33H,6-7,10H2,1H3/t18-,20-,21+,22-,23+,25-/m1/s1. The lowest BCUT2D eigenvalue weighted by molar-refractivity contribution is -0.277. The average molecular weight is 499 g/mol. The first-order valence-corrected chi connectivity index (χ1v) is 11.7. The molecule has 0 spiro atoms. The second-order valence-corrected chi connectivity index (χ2v) is 9.43. The molecule has 4 heterocycles. The Morgan fingerprint density at radius 2 is 1.94 bits per heavy atom. The lowest BCUT2D eigenvalue weighted by atomic mass is 9.96. The quantitative estimate of drug-likeness (QED) is 0.354. The number of aliphatic hydroxyl groups excluding tert-OH is 4. The van der Waals surface area contributed by atoms with Crippen LogP contribution in [0.5, 0.6) is 5.75 Å². The van der Waals surface area contributed by atoms with Crippen molar-refractivity contribution in [2.24, 2.45) is 0 Å². The van der Waals surface area contributed by atoms with Crippen LogP contribution < -0.4 is 9.64 Å². The van der Waals surface area contributed by atoms with Crippen molar-refractivity contribution in [3.63, 3.8) is 0 Å². The summed E-state index contributed by atoms with van der Waals surface area (Å²) in [5.74, 6) is -0.308. The summed E-state index contributed by atoms with van der Waals surface area (Å²) >= 11 is 0. The van der Waals surface area contributed by atoms with Crippen LogP contribution in [0, 0.1) is 5.82 Å². The highest BCUT2D eigenvalue weighted by Gasteiger charge is 2.45. The Bertz CT molecular complexity index is 1340. The number of hydrogen-bond donors (Lipinski definition) is 5. The number of carbonyl (C=O) groups is 1. The molecule has 36 heavy (non-hydrogen) atoms. The molecule has 6 rings (SSSR count). The number of fused-ring (bicyclic) bond motifs is 6. The number of nitrogens with zero attached hydrogens (tertiary/aromatic N) is 2. The summed E-state index contributed by atoms with van der Waals surface area (Å²) in [7, 11) is 1.87. The van der Waals surface area contributed by atoms with Gasteiger partial charge < -0.3 is 44.7 Å². The molecule has 1 saturated heterocycles. The van der Waals surface area contributed by atoms with Gasteiger partial charge in [0.2, 0.25) is 6.29 Å². The summed E-state index contributed by atoms with van der Waals surface area (Å²) in [6, 6.07) is 9.51. The second-order valence-electron chi connectivity index (χ2n) is 9.43. The van der Waals surface area contributed by atoms with Crippen LogP contribution in [0.4, 0.5) is 10.1 Å². The molecule has 3 aliphatic rings. The Morgan fingerprint density at radius 3 is 2.72 bits per heavy atom. The highest BCUT2D eigenvalue weighted by molar-refractivity contribution is 6.02. The molecule has 5 N–H and O–H groups in total. The van der Waals surface area contributed by atoms with Gasteiger partial charge in [-0.25, -0.2) is 4.39 Å². The summed E-state index contributed by atoms with van der Waals surface area (Å²) in [5, 5.41) is 40.6. The molecule has 0 saturated carbocycles. The van der Waals surface area contributed by atoms with Gasteiger partial charge in [0.25, 0.3) is 5.91 Å². The van der Waals surface area contributed by atoms with Gasteiger partial charge in [0.15, 0.2) is 0 Å². The summed E-state index contributed by atoms with van der Waals surface area (Å²) in [4.78, 5) is 20.3.